The van der Waals surface area contributed by atoms with Crippen molar-refractivity contribution in [3.8, 4) is 0 Å². The van der Waals surface area contributed by atoms with E-state index in [1.807, 2.05) is 18.3 Å². The largest absolute Gasteiger partial charge is 0.259 e. The van der Waals surface area contributed by atoms with Crippen LogP contribution in [0.15, 0.2) is 30.5 Å². The molecule has 0 fully saturated rings. The first kappa shape index (κ1) is 12.0. The van der Waals surface area contributed by atoms with E-state index in [0.29, 0.717) is 0 Å². The second-order valence-corrected chi connectivity index (χ2v) is 5.57. The van der Waals surface area contributed by atoms with E-state index in [-0.39, 0.29) is 5.38 Å². The van der Waals surface area contributed by atoms with Crippen molar-refractivity contribution in [1.82, 2.24) is 4.98 Å². The summed E-state index contributed by atoms with van der Waals surface area (Å²) in [5.41, 5.74) is 5.65. The van der Waals surface area contributed by atoms with Crippen LogP contribution in [-0.2, 0) is 12.8 Å². The number of rotatable bonds is 0. The molecule has 1 atom stereocenters. The molecule has 92 valence electrons. The molecule has 0 radical (unpaired) electrons. The molecule has 0 saturated carbocycles. The van der Waals surface area contributed by atoms with Gasteiger partial charge in [-0.3, -0.25) is 4.98 Å². The standard InChI is InChI=1S/C15H13Cl2N/c1-9-7-10-5-6-11-12(3-2-4-13(11)16)14(17)15(10)18-8-9/h2-4,7-8,14H,5-6H2,1H3. The number of alkyl halides is 1. The molecular formula is C15H13Cl2N. The summed E-state index contributed by atoms with van der Waals surface area (Å²) in [6.45, 7) is 2.06. The van der Waals surface area contributed by atoms with Gasteiger partial charge in [-0.05, 0) is 48.1 Å². The number of pyridine rings is 1. The lowest BCUT2D eigenvalue weighted by molar-refractivity contribution is 0.944. The minimum Gasteiger partial charge on any atom is -0.259 e. The molecule has 18 heavy (non-hydrogen) atoms. The first-order valence-corrected chi connectivity index (χ1v) is 6.85. The molecule has 1 nitrogen and oxygen atoms in total. The minimum atomic E-state index is -0.197. The highest BCUT2D eigenvalue weighted by molar-refractivity contribution is 6.31. The molecule has 3 heteroatoms. The Morgan fingerprint density at radius 1 is 1.28 bits per heavy atom. The van der Waals surface area contributed by atoms with Crippen LogP contribution in [-0.4, -0.2) is 4.98 Å². The van der Waals surface area contributed by atoms with Gasteiger partial charge in [0.15, 0.2) is 0 Å². The molecule has 0 amide bonds. The van der Waals surface area contributed by atoms with Crippen LogP contribution >= 0.6 is 23.2 Å². The van der Waals surface area contributed by atoms with E-state index in [9.17, 15) is 0 Å². The van der Waals surface area contributed by atoms with Gasteiger partial charge in [0.25, 0.3) is 0 Å². The third kappa shape index (κ3) is 1.92. The molecule has 0 aliphatic heterocycles. The van der Waals surface area contributed by atoms with Crippen molar-refractivity contribution < 1.29 is 0 Å². The summed E-state index contributed by atoms with van der Waals surface area (Å²) < 4.78 is 0. The fourth-order valence-electron chi connectivity index (χ4n) is 2.55. The fraction of sp³-hybridized carbons (Fsp3) is 0.267. The van der Waals surface area contributed by atoms with Gasteiger partial charge in [-0.25, -0.2) is 0 Å². The Morgan fingerprint density at radius 2 is 2.11 bits per heavy atom. The third-order valence-corrected chi connectivity index (χ3v) is 4.25. The monoisotopic (exact) mass is 277 g/mol. The Bertz CT molecular complexity index is 607. The summed E-state index contributed by atoms with van der Waals surface area (Å²) in [5, 5.41) is 0.611. The van der Waals surface area contributed by atoms with E-state index in [1.165, 1.54) is 11.1 Å². The summed E-state index contributed by atoms with van der Waals surface area (Å²) in [4.78, 5) is 4.51. The average Bonchev–Trinajstić information content (AvgIpc) is 2.49. The third-order valence-electron chi connectivity index (χ3n) is 3.45. The summed E-state index contributed by atoms with van der Waals surface area (Å²) in [6, 6.07) is 8.11. The van der Waals surface area contributed by atoms with Gasteiger partial charge in [-0.2, -0.15) is 0 Å². The maximum Gasteiger partial charge on any atom is 0.101 e. The van der Waals surface area contributed by atoms with E-state index in [2.05, 4.69) is 24.0 Å². The predicted octanol–water partition coefficient (Wildman–Crippen LogP) is 4.47. The van der Waals surface area contributed by atoms with Crippen LogP contribution in [0.3, 0.4) is 0 Å². The van der Waals surface area contributed by atoms with Gasteiger partial charge in [0.1, 0.15) is 5.38 Å². The normalized spacial score (nSPS) is 17.8. The van der Waals surface area contributed by atoms with Crippen LogP contribution in [0.2, 0.25) is 5.02 Å². The number of hydrogen-bond acceptors (Lipinski definition) is 1. The Morgan fingerprint density at radius 3 is 2.94 bits per heavy atom. The Balaban J connectivity index is 2.18. The smallest absolute Gasteiger partial charge is 0.101 e. The molecular weight excluding hydrogens is 265 g/mol. The van der Waals surface area contributed by atoms with Crippen LogP contribution in [0.4, 0.5) is 0 Å². The second-order valence-electron chi connectivity index (χ2n) is 4.73. The summed E-state index contributed by atoms with van der Waals surface area (Å²) in [5.74, 6) is 0. The van der Waals surface area contributed by atoms with E-state index >= 15 is 0 Å². The van der Waals surface area contributed by atoms with Crippen molar-refractivity contribution in [3.63, 3.8) is 0 Å². The van der Waals surface area contributed by atoms with Gasteiger partial charge in [0.2, 0.25) is 0 Å². The first-order valence-electron chi connectivity index (χ1n) is 6.03. The number of benzene rings is 1. The average molecular weight is 278 g/mol. The van der Waals surface area contributed by atoms with Crippen LogP contribution in [0.25, 0.3) is 0 Å². The van der Waals surface area contributed by atoms with Crippen molar-refractivity contribution >= 4 is 23.2 Å². The van der Waals surface area contributed by atoms with Gasteiger partial charge in [-0.1, -0.05) is 29.8 Å². The van der Waals surface area contributed by atoms with E-state index in [0.717, 1.165) is 34.7 Å². The van der Waals surface area contributed by atoms with Gasteiger partial charge in [-0.15, -0.1) is 11.6 Å². The second kappa shape index (κ2) is 4.56. The highest BCUT2D eigenvalue weighted by atomic mass is 35.5. The molecule has 1 unspecified atom stereocenters. The Labute approximate surface area is 117 Å². The molecule has 2 aromatic rings. The van der Waals surface area contributed by atoms with Crippen LogP contribution in [0.1, 0.15) is 33.3 Å². The molecule has 3 rings (SSSR count). The maximum absolute atomic E-state index is 6.59. The van der Waals surface area contributed by atoms with Gasteiger partial charge in [0, 0.05) is 11.2 Å². The zero-order chi connectivity index (χ0) is 12.7. The summed E-state index contributed by atoms with van der Waals surface area (Å²) in [7, 11) is 0. The maximum atomic E-state index is 6.59. The zero-order valence-electron chi connectivity index (χ0n) is 10.1. The molecule has 1 aromatic heterocycles. The van der Waals surface area contributed by atoms with Gasteiger partial charge < -0.3 is 0 Å². The molecule has 1 aliphatic carbocycles. The molecule has 0 spiro atoms. The number of halogens is 2. The van der Waals surface area contributed by atoms with E-state index in [4.69, 9.17) is 23.2 Å². The van der Waals surface area contributed by atoms with Crippen molar-refractivity contribution in [2.24, 2.45) is 0 Å². The van der Waals surface area contributed by atoms with E-state index in [1.54, 1.807) is 0 Å². The van der Waals surface area contributed by atoms with Crippen molar-refractivity contribution in [3.05, 3.63) is 63.4 Å². The lowest BCUT2D eigenvalue weighted by atomic mass is 10.0. The Hall–Kier alpha value is -1.05. The fourth-order valence-corrected chi connectivity index (χ4v) is 3.23. The molecule has 0 saturated heterocycles. The van der Waals surface area contributed by atoms with Crippen molar-refractivity contribution in [1.29, 1.82) is 0 Å². The number of hydrogen-bond donors (Lipinski definition) is 0. The van der Waals surface area contributed by atoms with Crippen molar-refractivity contribution in [2.75, 3.05) is 0 Å². The molecule has 0 N–H and O–H groups in total. The van der Waals surface area contributed by atoms with Crippen LogP contribution in [0.5, 0.6) is 0 Å². The first-order chi connectivity index (χ1) is 8.66. The molecule has 1 aliphatic rings. The highest BCUT2D eigenvalue weighted by Crippen LogP contribution is 2.38. The molecule has 1 aromatic carbocycles. The zero-order valence-corrected chi connectivity index (χ0v) is 11.6. The highest BCUT2D eigenvalue weighted by Gasteiger charge is 2.24. The minimum absolute atomic E-state index is 0.197. The Kier molecular flexibility index (Phi) is 3.04. The predicted molar refractivity (Wildman–Crippen MR) is 75.5 cm³/mol. The van der Waals surface area contributed by atoms with Crippen LogP contribution in [0, 0.1) is 6.92 Å². The number of nitrogens with zero attached hydrogens (tertiary/aromatic N) is 1. The van der Waals surface area contributed by atoms with Crippen LogP contribution < -0.4 is 0 Å². The molecule has 0 bridgehead atoms. The lowest BCUT2D eigenvalue weighted by Gasteiger charge is -2.13. The van der Waals surface area contributed by atoms with Gasteiger partial charge >= 0.3 is 0 Å². The topological polar surface area (TPSA) is 12.9 Å². The van der Waals surface area contributed by atoms with E-state index < -0.39 is 0 Å². The number of aromatic nitrogens is 1. The summed E-state index contributed by atoms with van der Waals surface area (Å²) in [6.07, 6.45) is 3.75. The van der Waals surface area contributed by atoms with Crippen molar-refractivity contribution in [2.45, 2.75) is 25.1 Å². The molecule has 1 heterocycles. The number of aryl methyl sites for hydroxylation is 2. The number of fused-ring (bicyclic) bond motifs is 2. The SMILES string of the molecule is Cc1cnc2c(c1)CCc1c(Cl)cccc1C2Cl. The van der Waals surface area contributed by atoms with Gasteiger partial charge in [0.05, 0.1) is 5.69 Å². The lowest BCUT2D eigenvalue weighted by Crippen LogP contribution is -2.00. The summed E-state index contributed by atoms with van der Waals surface area (Å²) >= 11 is 12.9. The quantitative estimate of drug-likeness (QED) is 0.648.